The Labute approximate surface area is 154 Å². The number of nitrogens with one attached hydrogen (secondary N) is 1. The third kappa shape index (κ3) is 3.73. The summed E-state index contributed by atoms with van der Waals surface area (Å²) in [6, 6.07) is 14.1. The van der Waals surface area contributed by atoms with Crippen LogP contribution in [0.4, 0.5) is 5.82 Å². The second-order valence-corrected chi connectivity index (χ2v) is 6.28. The van der Waals surface area contributed by atoms with Crippen molar-refractivity contribution in [1.82, 2.24) is 9.78 Å². The van der Waals surface area contributed by atoms with Gasteiger partial charge < -0.3 is 5.32 Å². The average molecular weight is 381 g/mol. The topological polar surface area (TPSA) is 46.9 Å². The number of hydrogen-bond donors (Lipinski definition) is 1. The van der Waals surface area contributed by atoms with Crippen molar-refractivity contribution >= 4 is 46.5 Å². The minimum Gasteiger partial charge on any atom is -0.307 e. The van der Waals surface area contributed by atoms with Gasteiger partial charge in [0.25, 0.3) is 5.91 Å². The van der Waals surface area contributed by atoms with Gasteiger partial charge in [-0.1, -0.05) is 53.0 Å². The highest BCUT2D eigenvalue weighted by atomic mass is 35.5. The lowest BCUT2D eigenvalue weighted by Gasteiger charge is -2.10. The van der Waals surface area contributed by atoms with Crippen molar-refractivity contribution in [2.45, 2.75) is 6.54 Å². The van der Waals surface area contributed by atoms with Gasteiger partial charge in [0.15, 0.2) is 0 Å². The maximum absolute atomic E-state index is 12.4. The highest BCUT2D eigenvalue weighted by Crippen LogP contribution is 2.26. The molecule has 7 heteroatoms. The Morgan fingerprint density at radius 2 is 1.88 bits per heavy atom. The van der Waals surface area contributed by atoms with E-state index in [1.807, 2.05) is 18.2 Å². The summed E-state index contributed by atoms with van der Waals surface area (Å²) in [4.78, 5) is 12.4. The van der Waals surface area contributed by atoms with Gasteiger partial charge in [-0.15, -0.1) is 0 Å². The molecular formula is C17H12Cl3N3O. The lowest BCUT2D eigenvalue weighted by atomic mass is 10.2. The van der Waals surface area contributed by atoms with Crippen LogP contribution in [0.3, 0.4) is 0 Å². The monoisotopic (exact) mass is 379 g/mol. The van der Waals surface area contributed by atoms with Crippen LogP contribution in [-0.2, 0) is 6.54 Å². The molecule has 0 bridgehead atoms. The molecule has 0 aliphatic rings. The number of hydrogen-bond acceptors (Lipinski definition) is 2. The van der Waals surface area contributed by atoms with Crippen molar-refractivity contribution in [2.75, 3.05) is 5.32 Å². The molecule has 0 saturated heterocycles. The second-order valence-electron chi connectivity index (χ2n) is 5.06. The number of halogens is 3. The van der Waals surface area contributed by atoms with Gasteiger partial charge >= 0.3 is 0 Å². The van der Waals surface area contributed by atoms with Crippen molar-refractivity contribution in [1.29, 1.82) is 0 Å². The van der Waals surface area contributed by atoms with Crippen molar-refractivity contribution in [2.24, 2.45) is 0 Å². The van der Waals surface area contributed by atoms with E-state index in [1.165, 1.54) is 0 Å². The maximum Gasteiger partial charge on any atom is 0.258 e. The molecule has 0 spiro atoms. The fourth-order valence-corrected chi connectivity index (χ4v) is 2.84. The first-order valence-corrected chi connectivity index (χ1v) is 8.19. The number of benzene rings is 2. The fraction of sp³-hybridized carbons (Fsp3) is 0.0588. The number of carbonyl (C=O) groups is 1. The van der Waals surface area contributed by atoms with E-state index in [1.54, 1.807) is 41.2 Å². The minimum atomic E-state index is -0.352. The summed E-state index contributed by atoms with van der Waals surface area (Å²) in [7, 11) is 0. The number of carbonyl (C=O) groups excluding carboxylic acids is 1. The summed E-state index contributed by atoms with van der Waals surface area (Å²) in [6.07, 6.45) is 1.61. The first kappa shape index (κ1) is 16.8. The van der Waals surface area contributed by atoms with Crippen LogP contribution in [-0.4, -0.2) is 15.7 Å². The van der Waals surface area contributed by atoms with Gasteiger partial charge in [-0.3, -0.25) is 4.79 Å². The van der Waals surface area contributed by atoms with Crippen LogP contribution in [0.5, 0.6) is 0 Å². The van der Waals surface area contributed by atoms with E-state index in [2.05, 4.69) is 10.4 Å². The quantitative estimate of drug-likeness (QED) is 0.681. The Hall–Kier alpha value is -2.01. The van der Waals surface area contributed by atoms with Gasteiger partial charge in [0.05, 0.1) is 28.4 Å². The van der Waals surface area contributed by atoms with Gasteiger partial charge in [0.2, 0.25) is 0 Å². The molecule has 1 aromatic heterocycles. The van der Waals surface area contributed by atoms with Crippen LogP contribution in [0.25, 0.3) is 0 Å². The molecular weight excluding hydrogens is 369 g/mol. The number of nitrogens with zero attached hydrogens (tertiary/aromatic N) is 2. The van der Waals surface area contributed by atoms with E-state index in [9.17, 15) is 4.79 Å². The number of rotatable bonds is 4. The molecule has 122 valence electrons. The molecule has 2 aromatic carbocycles. The van der Waals surface area contributed by atoms with Crippen LogP contribution in [0.1, 0.15) is 15.9 Å². The fourth-order valence-electron chi connectivity index (χ4n) is 2.24. The zero-order chi connectivity index (χ0) is 17.1. The average Bonchev–Trinajstić information content (AvgIpc) is 2.97. The van der Waals surface area contributed by atoms with Crippen LogP contribution >= 0.6 is 34.8 Å². The van der Waals surface area contributed by atoms with Crippen LogP contribution in [0, 0.1) is 0 Å². The van der Waals surface area contributed by atoms with Gasteiger partial charge in [-0.2, -0.15) is 5.10 Å². The van der Waals surface area contributed by atoms with Crippen LogP contribution < -0.4 is 5.32 Å². The second kappa shape index (κ2) is 7.26. The normalized spacial score (nSPS) is 10.6. The predicted molar refractivity (Wildman–Crippen MR) is 97.2 cm³/mol. The lowest BCUT2D eigenvalue weighted by Crippen LogP contribution is -2.16. The zero-order valence-corrected chi connectivity index (χ0v) is 14.6. The van der Waals surface area contributed by atoms with Crippen molar-refractivity contribution < 1.29 is 4.79 Å². The molecule has 0 radical (unpaired) electrons. The number of amides is 1. The first-order chi connectivity index (χ1) is 11.5. The van der Waals surface area contributed by atoms with Crippen LogP contribution in [0.15, 0.2) is 54.7 Å². The Kier molecular flexibility index (Phi) is 5.09. The molecule has 1 heterocycles. The van der Waals surface area contributed by atoms with E-state index in [4.69, 9.17) is 34.8 Å². The SMILES string of the molecule is O=C(Nc1ccnn1Cc1cccc(Cl)c1)c1cccc(Cl)c1Cl. The Balaban J connectivity index is 1.80. The highest BCUT2D eigenvalue weighted by Gasteiger charge is 2.14. The first-order valence-electron chi connectivity index (χ1n) is 7.06. The third-order valence-electron chi connectivity index (χ3n) is 3.38. The summed E-state index contributed by atoms with van der Waals surface area (Å²) < 4.78 is 1.67. The molecule has 0 aliphatic carbocycles. The largest absolute Gasteiger partial charge is 0.307 e. The molecule has 0 unspecified atom stereocenters. The molecule has 0 saturated carbocycles. The van der Waals surface area contributed by atoms with Gasteiger partial charge in [0, 0.05) is 11.1 Å². The van der Waals surface area contributed by atoms with Crippen LogP contribution in [0.2, 0.25) is 15.1 Å². The number of aromatic nitrogens is 2. The van der Waals surface area contributed by atoms with E-state index in [0.29, 0.717) is 28.0 Å². The highest BCUT2D eigenvalue weighted by molar-refractivity contribution is 6.44. The summed E-state index contributed by atoms with van der Waals surface area (Å²) >= 11 is 18.0. The Morgan fingerprint density at radius 3 is 2.67 bits per heavy atom. The number of anilines is 1. The van der Waals surface area contributed by atoms with E-state index >= 15 is 0 Å². The summed E-state index contributed by atoms with van der Waals surface area (Å²) in [5.41, 5.74) is 1.28. The predicted octanol–water partition coefficient (Wildman–Crippen LogP) is 5.14. The van der Waals surface area contributed by atoms with Gasteiger partial charge in [-0.05, 0) is 29.8 Å². The van der Waals surface area contributed by atoms with Crippen molar-refractivity contribution in [3.8, 4) is 0 Å². The summed E-state index contributed by atoms with van der Waals surface area (Å²) in [5, 5.41) is 8.22. The molecule has 3 aromatic rings. The Bertz CT molecular complexity index is 892. The van der Waals surface area contributed by atoms with Gasteiger partial charge in [-0.25, -0.2) is 4.68 Å². The van der Waals surface area contributed by atoms with Crippen molar-refractivity contribution in [3.63, 3.8) is 0 Å². The van der Waals surface area contributed by atoms with E-state index in [0.717, 1.165) is 5.56 Å². The molecule has 1 amide bonds. The van der Waals surface area contributed by atoms with E-state index in [-0.39, 0.29) is 10.9 Å². The standard InChI is InChI=1S/C17H12Cl3N3O/c18-12-4-1-3-11(9-12)10-23-15(7-8-21-23)22-17(24)13-5-2-6-14(19)16(13)20/h1-9H,10H2,(H,22,24). The van der Waals surface area contributed by atoms with Gasteiger partial charge in [0.1, 0.15) is 5.82 Å². The molecule has 0 fully saturated rings. The van der Waals surface area contributed by atoms with Crippen molar-refractivity contribution in [3.05, 3.63) is 80.9 Å². The maximum atomic E-state index is 12.4. The molecule has 24 heavy (non-hydrogen) atoms. The Morgan fingerprint density at radius 1 is 1.08 bits per heavy atom. The molecule has 0 aliphatic heterocycles. The van der Waals surface area contributed by atoms with E-state index < -0.39 is 0 Å². The minimum absolute atomic E-state index is 0.220. The molecule has 4 nitrogen and oxygen atoms in total. The smallest absolute Gasteiger partial charge is 0.258 e. The summed E-state index contributed by atoms with van der Waals surface area (Å²) in [5.74, 6) is 0.200. The summed E-state index contributed by atoms with van der Waals surface area (Å²) in [6.45, 7) is 0.479. The third-order valence-corrected chi connectivity index (χ3v) is 4.43. The molecule has 0 atom stereocenters. The molecule has 3 rings (SSSR count). The molecule has 1 N–H and O–H groups in total. The lowest BCUT2D eigenvalue weighted by molar-refractivity contribution is 0.102. The zero-order valence-electron chi connectivity index (χ0n) is 12.3.